The van der Waals surface area contributed by atoms with Gasteiger partial charge < -0.3 is 19.7 Å². The standard InChI is InChI=1S/C15H24F2N2O2/c1-18-11-12-9-13(16)15(14(17)10-12)19(6-8-21-3)5-4-7-20-2/h9-10,18H,4-8,11H2,1-3H3. The Kier molecular flexibility index (Phi) is 8.19. The van der Waals surface area contributed by atoms with Gasteiger partial charge in [-0.1, -0.05) is 0 Å². The summed E-state index contributed by atoms with van der Waals surface area (Å²) >= 11 is 0. The molecule has 0 bridgehead atoms. The highest BCUT2D eigenvalue weighted by atomic mass is 19.1. The molecule has 0 unspecified atom stereocenters. The van der Waals surface area contributed by atoms with Gasteiger partial charge >= 0.3 is 0 Å². The van der Waals surface area contributed by atoms with E-state index < -0.39 is 11.6 Å². The molecule has 1 rings (SSSR count). The highest BCUT2D eigenvalue weighted by Gasteiger charge is 2.17. The summed E-state index contributed by atoms with van der Waals surface area (Å²) in [6, 6.07) is 2.73. The molecular formula is C15H24F2N2O2. The molecule has 1 aromatic carbocycles. The van der Waals surface area contributed by atoms with Crippen molar-refractivity contribution >= 4 is 5.69 Å². The molecule has 0 atom stereocenters. The predicted octanol–water partition coefficient (Wildman–Crippen LogP) is 2.17. The van der Waals surface area contributed by atoms with E-state index in [1.54, 1.807) is 26.2 Å². The summed E-state index contributed by atoms with van der Waals surface area (Å²) in [6.45, 7) is 2.32. The lowest BCUT2D eigenvalue weighted by molar-refractivity contribution is 0.190. The Morgan fingerprint density at radius 3 is 2.19 bits per heavy atom. The lowest BCUT2D eigenvalue weighted by Gasteiger charge is -2.25. The maximum absolute atomic E-state index is 14.2. The quantitative estimate of drug-likeness (QED) is 0.672. The van der Waals surface area contributed by atoms with Crippen LogP contribution in [0.25, 0.3) is 0 Å². The minimum Gasteiger partial charge on any atom is -0.385 e. The first kappa shape index (κ1) is 17.8. The van der Waals surface area contributed by atoms with Gasteiger partial charge in [0.2, 0.25) is 0 Å². The van der Waals surface area contributed by atoms with Crippen molar-refractivity contribution in [3.05, 3.63) is 29.3 Å². The molecule has 0 amide bonds. The van der Waals surface area contributed by atoms with Crippen molar-refractivity contribution < 1.29 is 18.3 Å². The van der Waals surface area contributed by atoms with E-state index in [0.29, 0.717) is 44.8 Å². The average Bonchev–Trinajstić information content (AvgIpc) is 2.44. The van der Waals surface area contributed by atoms with Crippen LogP contribution in [0.3, 0.4) is 0 Å². The highest BCUT2D eigenvalue weighted by Crippen LogP contribution is 2.25. The first-order valence-corrected chi connectivity index (χ1v) is 6.99. The Balaban J connectivity index is 2.93. The number of nitrogens with one attached hydrogen (secondary N) is 1. The zero-order valence-electron chi connectivity index (χ0n) is 12.9. The van der Waals surface area contributed by atoms with Crippen LogP contribution >= 0.6 is 0 Å². The third-order valence-corrected chi connectivity index (χ3v) is 3.12. The van der Waals surface area contributed by atoms with Crippen LogP contribution < -0.4 is 10.2 Å². The molecule has 21 heavy (non-hydrogen) atoms. The zero-order valence-corrected chi connectivity index (χ0v) is 12.9. The lowest BCUT2D eigenvalue weighted by Crippen LogP contribution is -2.31. The Labute approximate surface area is 125 Å². The number of methoxy groups -OCH3 is 2. The van der Waals surface area contributed by atoms with Crippen molar-refractivity contribution in [3.63, 3.8) is 0 Å². The third kappa shape index (κ3) is 5.57. The SMILES string of the molecule is CNCc1cc(F)c(N(CCCOC)CCOC)c(F)c1. The molecule has 0 aromatic heterocycles. The number of halogens is 2. The normalized spacial score (nSPS) is 10.9. The minimum atomic E-state index is -0.547. The maximum atomic E-state index is 14.2. The molecule has 1 N–H and O–H groups in total. The minimum absolute atomic E-state index is 0.00278. The van der Waals surface area contributed by atoms with Crippen LogP contribution in [0.4, 0.5) is 14.5 Å². The van der Waals surface area contributed by atoms with Gasteiger partial charge in [0.15, 0.2) is 0 Å². The predicted molar refractivity (Wildman–Crippen MR) is 79.7 cm³/mol. The second-order valence-corrected chi connectivity index (χ2v) is 4.76. The molecular weight excluding hydrogens is 278 g/mol. The van der Waals surface area contributed by atoms with Crippen molar-refractivity contribution in [1.82, 2.24) is 5.32 Å². The maximum Gasteiger partial charge on any atom is 0.149 e. The Bertz CT molecular complexity index is 407. The van der Waals surface area contributed by atoms with Crippen molar-refractivity contribution in [2.45, 2.75) is 13.0 Å². The second-order valence-electron chi connectivity index (χ2n) is 4.76. The number of ether oxygens (including phenoxy) is 2. The van der Waals surface area contributed by atoms with Crippen LogP contribution in [0.2, 0.25) is 0 Å². The van der Waals surface area contributed by atoms with Gasteiger partial charge in [-0.05, 0) is 31.2 Å². The highest BCUT2D eigenvalue weighted by molar-refractivity contribution is 5.50. The van der Waals surface area contributed by atoms with Gasteiger partial charge in [-0.2, -0.15) is 0 Å². The summed E-state index contributed by atoms with van der Waals surface area (Å²) in [4.78, 5) is 1.66. The molecule has 4 nitrogen and oxygen atoms in total. The molecule has 0 spiro atoms. The van der Waals surface area contributed by atoms with E-state index in [2.05, 4.69) is 5.32 Å². The molecule has 0 radical (unpaired) electrons. The number of rotatable bonds is 10. The van der Waals surface area contributed by atoms with Crippen LogP contribution in [0.15, 0.2) is 12.1 Å². The average molecular weight is 302 g/mol. The van der Waals surface area contributed by atoms with E-state index >= 15 is 0 Å². The van der Waals surface area contributed by atoms with E-state index in [-0.39, 0.29) is 5.69 Å². The fraction of sp³-hybridized carbons (Fsp3) is 0.600. The topological polar surface area (TPSA) is 33.7 Å². The summed E-state index contributed by atoms with van der Waals surface area (Å²) in [5.74, 6) is -1.09. The van der Waals surface area contributed by atoms with Crippen LogP contribution in [-0.4, -0.2) is 47.6 Å². The molecule has 0 heterocycles. The third-order valence-electron chi connectivity index (χ3n) is 3.12. The van der Waals surface area contributed by atoms with Crippen molar-refractivity contribution in [2.24, 2.45) is 0 Å². The van der Waals surface area contributed by atoms with Gasteiger partial charge in [-0.25, -0.2) is 8.78 Å². The molecule has 0 saturated carbocycles. The van der Waals surface area contributed by atoms with Crippen LogP contribution in [0, 0.1) is 11.6 Å². The summed E-state index contributed by atoms with van der Waals surface area (Å²) in [5.41, 5.74) is 0.586. The van der Waals surface area contributed by atoms with Gasteiger partial charge in [0.1, 0.15) is 17.3 Å². The monoisotopic (exact) mass is 302 g/mol. The van der Waals surface area contributed by atoms with Crippen LogP contribution in [-0.2, 0) is 16.0 Å². The van der Waals surface area contributed by atoms with E-state index in [9.17, 15) is 8.78 Å². The number of hydrogen-bond acceptors (Lipinski definition) is 4. The fourth-order valence-electron chi connectivity index (χ4n) is 2.16. The van der Waals surface area contributed by atoms with Gasteiger partial charge in [0.25, 0.3) is 0 Å². The smallest absolute Gasteiger partial charge is 0.149 e. The molecule has 1 aromatic rings. The van der Waals surface area contributed by atoms with Gasteiger partial charge in [-0.3, -0.25) is 0 Å². The van der Waals surface area contributed by atoms with Crippen molar-refractivity contribution in [1.29, 1.82) is 0 Å². The fourth-order valence-corrected chi connectivity index (χ4v) is 2.16. The molecule has 0 aliphatic rings. The van der Waals surface area contributed by atoms with Crippen molar-refractivity contribution in [2.75, 3.05) is 52.5 Å². The van der Waals surface area contributed by atoms with Gasteiger partial charge in [0, 0.05) is 40.5 Å². The number of nitrogens with zero attached hydrogens (tertiary/aromatic N) is 1. The summed E-state index contributed by atoms with van der Waals surface area (Å²) in [5, 5.41) is 2.88. The first-order chi connectivity index (χ1) is 10.1. The molecule has 6 heteroatoms. The van der Waals surface area contributed by atoms with Crippen molar-refractivity contribution in [3.8, 4) is 0 Å². The summed E-state index contributed by atoms with van der Waals surface area (Å²) in [6.07, 6.45) is 0.692. The zero-order chi connectivity index (χ0) is 15.7. The molecule has 120 valence electrons. The molecule has 0 fully saturated rings. The summed E-state index contributed by atoms with van der Waals surface area (Å²) in [7, 11) is 4.91. The Morgan fingerprint density at radius 2 is 1.67 bits per heavy atom. The molecule has 0 aliphatic carbocycles. The Morgan fingerprint density at radius 1 is 1.05 bits per heavy atom. The van der Waals surface area contributed by atoms with E-state index in [1.807, 2.05) is 0 Å². The number of anilines is 1. The Hall–Kier alpha value is -1.24. The number of benzene rings is 1. The largest absolute Gasteiger partial charge is 0.385 e. The van der Waals surface area contributed by atoms with E-state index in [0.717, 1.165) is 0 Å². The first-order valence-electron chi connectivity index (χ1n) is 6.99. The van der Waals surface area contributed by atoms with E-state index in [1.165, 1.54) is 12.1 Å². The second kappa shape index (κ2) is 9.65. The lowest BCUT2D eigenvalue weighted by atomic mass is 10.1. The number of hydrogen-bond donors (Lipinski definition) is 1. The van der Waals surface area contributed by atoms with Crippen LogP contribution in [0.5, 0.6) is 0 Å². The van der Waals surface area contributed by atoms with Crippen LogP contribution in [0.1, 0.15) is 12.0 Å². The van der Waals surface area contributed by atoms with E-state index in [4.69, 9.17) is 9.47 Å². The summed E-state index contributed by atoms with van der Waals surface area (Å²) < 4.78 is 38.5. The van der Waals surface area contributed by atoms with Gasteiger partial charge in [0.05, 0.1) is 6.61 Å². The molecule has 0 aliphatic heterocycles. The molecule has 0 saturated heterocycles. The van der Waals surface area contributed by atoms with Gasteiger partial charge in [-0.15, -0.1) is 0 Å².